The summed E-state index contributed by atoms with van der Waals surface area (Å²) in [7, 11) is 2.37. The lowest BCUT2D eigenvalue weighted by Gasteiger charge is -2.26. The normalized spacial score (nSPS) is 15.4. The van der Waals surface area contributed by atoms with E-state index >= 15 is 0 Å². The Hall–Kier alpha value is -1.63. The highest BCUT2D eigenvalue weighted by atomic mass is 127. The van der Waals surface area contributed by atoms with Crippen LogP contribution in [0, 0.1) is 0 Å². The highest BCUT2D eigenvalue weighted by molar-refractivity contribution is 14.0. The first-order valence-electron chi connectivity index (χ1n) is 10.0. The molecule has 0 spiro atoms. The van der Waals surface area contributed by atoms with Gasteiger partial charge in [-0.15, -0.1) is 24.0 Å². The average molecular weight is 561 g/mol. The van der Waals surface area contributed by atoms with E-state index in [1.165, 1.54) is 10.00 Å². The first-order valence-corrected chi connectivity index (χ1v) is 11.7. The molecule has 1 fully saturated rings. The van der Waals surface area contributed by atoms with Crippen LogP contribution in [0.15, 0.2) is 47.6 Å². The fourth-order valence-electron chi connectivity index (χ4n) is 3.52. The van der Waals surface area contributed by atoms with E-state index in [4.69, 9.17) is 4.74 Å². The van der Waals surface area contributed by atoms with Crippen molar-refractivity contribution in [3.05, 3.63) is 59.4 Å². The lowest BCUT2D eigenvalue weighted by atomic mass is 10.1. The number of halogens is 1. The smallest absolute Gasteiger partial charge is 0.218 e. The van der Waals surface area contributed by atoms with Crippen LogP contribution in [0.1, 0.15) is 16.8 Å². The third-order valence-corrected chi connectivity index (χ3v) is 7.11. The Bertz CT molecular complexity index is 971. The Balaban J connectivity index is 0.00000341. The van der Waals surface area contributed by atoms with Crippen LogP contribution in [0.25, 0.3) is 0 Å². The lowest BCUT2D eigenvalue weighted by Crippen LogP contribution is -2.41. The van der Waals surface area contributed by atoms with E-state index in [1.807, 2.05) is 55.5 Å². The molecule has 2 heterocycles. The molecular formula is C21H32IN5O3S. The maximum atomic E-state index is 12.8. The van der Waals surface area contributed by atoms with E-state index in [2.05, 4.69) is 20.9 Å². The first kappa shape index (κ1) is 25.6. The number of ether oxygens (including phenoxy) is 1. The maximum Gasteiger partial charge on any atom is 0.218 e. The molecule has 1 N–H and O–H groups in total. The Kier molecular flexibility index (Phi) is 9.79. The second-order valence-electron chi connectivity index (χ2n) is 7.40. The second-order valence-corrected chi connectivity index (χ2v) is 9.37. The number of nitrogens with zero attached hydrogens (tertiary/aromatic N) is 4. The number of sulfonamides is 1. The zero-order valence-electron chi connectivity index (χ0n) is 18.3. The van der Waals surface area contributed by atoms with Gasteiger partial charge in [0.25, 0.3) is 0 Å². The number of benzene rings is 1. The van der Waals surface area contributed by atoms with Gasteiger partial charge in [-0.05, 0) is 23.3 Å². The van der Waals surface area contributed by atoms with E-state index in [1.54, 1.807) is 7.05 Å². The van der Waals surface area contributed by atoms with Crippen molar-refractivity contribution in [1.29, 1.82) is 0 Å². The molecule has 0 saturated carbocycles. The van der Waals surface area contributed by atoms with Crippen molar-refractivity contribution in [2.45, 2.75) is 18.8 Å². The van der Waals surface area contributed by atoms with Gasteiger partial charge in [0.1, 0.15) is 0 Å². The number of hydrogen-bond donors (Lipinski definition) is 1. The SMILES string of the molecule is CN=C(NCc1ccccc1CS(=O)(=O)N1CCOCC1)N(C)Cc1cccn1C.I. The molecule has 0 bridgehead atoms. The van der Waals surface area contributed by atoms with E-state index < -0.39 is 10.0 Å². The summed E-state index contributed by atoms with van der Waals surface area (Å²) >= 11 is 0. The predicted octanol–water partition coefficient (Wildman–Crippen LogP) is 2.01. The maximum absolute atomic E-state index is 12.8. The summed E-state index contributed by atoms with van der Waals surface area (Å²) < 4.78 is 34.5. The summed E-state index contributed by atoms with van der Waals surface area (Å²) in [6.45, 7) is 2.95. The topological polar surface area (TPSA) is 79.2 Å². The number of guanidine groups is 1. The van der Waals surface area contributed by atoms with Gasteiger partial charge in [0.05, 0.1) is 25.5 Å². The summed E-state index contributed by atoms with van der Waals surface area (Å²) in [6, 6.07) is 11.7. The Morgan fingerprint density at radius 1 is 1.16 bits per heavy atom. The van der Waals surface area contributed by atoms with E-state index in [0.717, 1.165) is 23.6 Å². The number of nitrogens with one attached hydrogen (secondary N) is 1. The molecule has 31 heavy (non-hydrogen) atoms. The van der Waals surface area contributed by atoms with Crippen molar-refractivity contribution in [1.82, 2.24) is 19.1 Å². The molecular weight excluding hydrogens is 529 g/mol. The molecule has 0 amide bonds. The Morgan fingerprint density at radius 2 is 1.84 bits per heavy atom. The summed E-state index contributed by atoms with van der Waals surface area (Å²) in [6.07, 6.45) is 2.02. The minimum absolute atomic E-state index is 0. The molecule has 1 saturated heterocycles. The van der Waals surface area contributed by atoms with Gasteiger partial charge < -0.3 is 19.5 Å². The molecule has 1 aliphatic heterocycles. The molecule has 3 rings (SSSR count). The van der Waals surface area contributed by atoms with Crippen molar-refractivity contribution in [3.63, 3.8) is 0 Å². The third-order valence-electron chi connectivity index (χ3n) is 5.28. The van der Waals surface area contributed by atoms with Crippen LogP contribution < -0.4 is 5.32 Å². The van der Waals surface area contributed by atoms with Crippen molar-refractivity contribution in [2.24, 2.45) is 12.0 Å². The minimum atomic E-state index is -3.38. The Labute approximate surface area is 202 Å². The van der Waals surface area contributed by atoms with Crippen LogP contribution in [0.3, 0.4) is 0 Å². The summed E-state index contributed by atoms with van der Waals surface area (Å²) in [5.74, 6) is 0.741. The summed E-state index contributed by atoms with van der Waals surface area (Å²) in [4.78, 5) is 6.42. The average Bonchev–Trinajstić information content (AvgIpc) is 3.14. The fraction of sp³-hybridized carbons (Fsp3) is 0.476. The number of hydrogen-bond acceptors (Lipinski definition) is 4. The van der Waals surface area contributed by atoms with E-state index in [9.17, 15) is 8.42 Å². The molecule has 0 aliphatic carbocycles. The molecule has 0 unspecified atom stereocenters. The molecule has 2 aromatic rings. The van der Waals surface area contributed by atoms with Crippen LogP contribution in [-0.4, -0.2) is 68.5 Å². The van der Waals surface area contributed by atoms with Crippen LogP contribution in [0.4, 0.5) is 0 Å². The molecule has 1 aromatic carbocycles. The fourth-order valence-corrected chi connectivity index (χ4v) is 5.08. The molecule has 10 heteroatoms. The number of rotatable bonds is 7. The van der Waals surface area contributed by atoms with E-state index in [-0.39, 0.29) is 29.7 Å². The lowest BCUT2D eigenvalue weighted by molar-refractivity contribution is 0.0729. The van der Waals surface area contributed by atoms with Gasteiger partial charge in [-0.3, -0.25) is 4.99 Å². The van der Waals surface area contributed by atoms with Crippen LogP contribution >= 0.6 is 24.0 Å². The van der Waals surface area contributed by atoms with Gasteiger partial charge in [0, 0.05) is 52.7 Å². The van der Waals surface area contributed by atoms with Gasteiger partial charge >= 0.3 is 0 Å². The monoisotopic (exact) mass is 561 g/mol. The molecule has 1 aromatic heterocycles. The van der Waals surface area contributed by atoms with Gasteiger partial charge in [0.2, 0.25) is 10.0 Å². The van der Waals surface area contributed by atoms with Gasteiger partial charge in [-0.2, -0.15) is 4.31 Å². The van der Waals surface area contributed by atoms with Crippen LogP contribution in [-0.2, 0) is 40.7 Å². The van der Waals surface area contributed by atoms with Crippen LogP contribution in [0.2, 0.25) is 0 Å². The van der Waals surface area contributed by atoms with Crippen molar-refractivity contribution < 1.29 is 13.2 Å². The standard InChI is InChI=1S/C21H31N5O3S.HI/c1-22-21(25(3)16-20-9-6-10-24(20)2)23-15-18-7-4-5-8-19(18)17-30(27,28)26-11-13-29-14-12-26;/h4-10H,11-17H2,1-3H3,(H,22,23);1H. The summed E-state index contributed by atoms with van der Waals surface area (Å²) in [5, 5.41) is 3.36. The zero-order chi connectivity index (χ0) is 21.6. The van der Waals surface area contributed by atoms with Gasteiger partial charge in [-0.25, -0.2) is 8.42 Å². The number of aromatic nitrogens is 1. The molecule has 0 radical (unpaired) electrons. The molecule has 8 nitrogen and oxygen atoms in total. The highest BCUT2D eigenvalue weighted by Crippen LogP contribution is 2.17. The quantitative estimate of drug-likeness (QED) is 0.318. The largest absolute Gasteiger partial charge is 0.379 e. The third kappa shape index (κ3) is 6.93. The summed E-state index contributed by atoms with van der Waals surface area (Å²) in [5.41, 5.74) is 2.93. The second kappa shape index (κ2) is 11.8. The number of aryl methyl sites for hydroxylation is 1. The number of aliphatic imine (C=N–C) groups is 1. The first-order chi connectivity index (χ1) is 14.4. The van der Waals surface area contributed by atoms with Crippen molar-refractivity contribution in [3.8, 4) is 0 Å². The van der Waals surface area contributed by atoms with Crippen molar-refractivity contribution >= 4 is 40.0 Å². The van der Waals surface area contributed by atoms with Crippen molar-refractivity contribution in [2.75, 3.05) is 40.4 Å². The number of morpholine rings is 1. The highest BCUT2D eigenvalue weighted by Gasteiger charge is 2.25. The molecule has 172 valence electrons. The van der Waals surface area contributed by atoms with Crippen LogP contribution in [0.5, 0.6) is 0 Å². The predicted molar refractivity (Wildman–Crippen MR) is 134 cm³/mol. The Morgan fingerprint density at radius 3 is 2.45 bits per heavy atom. The minimum Gasteiger partial charge on any atom is -0.379 e. The molecule has 1 aliphatic rings. The molecule has 0 atom stereocenters. The van der Waals surface area contributed by atoms with E-state index in [0.29, 0.717) is 32.8 Å². The zero-order valence-corrected chi connectivity index (χ0v) is 21.5. The van der Waals surface area contributed by atoms with Gasteiger partial charge in [0.15, 0.2) is 5.96 Å². The van der Waals surface area contributed by atoms with Gasteiger partial charge in [-0.1, -0.05) is 24.3 Å².